The lowest BCUT2D eigenvalue weighted by atomic mass is 9.96. The molecule has 0 bridgehead atoms. The van der Waals surface area contributed by atoms with E-state index in [4.69, 9.17) is 9.47 Å². The topological polar surface area (TPSA) is 18.5 Å². The minimum Gasteiger partial charge on any atom is -0.352 e. The molecule has 2 nitrogen and oxygen atoms in total. The van der Waals surface area contributed by atoms with E-state index in [0.717, 1.165) is 19.1 Å². The van der Waals surface area contributed by atoms with Gasteiger partial charge in [-0.3, -0.25) is 0 Å². The van der Waals surface area contributed by atoms with Crippen molar-refractivity contribution in [2.45, 2.75) is 33.5 Å². The van der Waals surface area contributed by atoms with Crippen molar-refractivity contribution >= 4 is 0 Å². The molecule has 2 fully saturated rings. The Balaban J connectivity index is 0.000000281. The Morgan fingerprint density at radius 1 is 1.18 bits per heavy atom. The Kier molecular flexibility index (Phi) is 3.34. The summed E-state index contributed by atoms with van der Waals surface area (Å²) in [6, 6.07) is 0. The third-order valence-corrected chi connectivity index (χ3v) is 2.34. The van der Waals surface area contributed by atoms with Crippen molar-refractivity contribution in [3.05, 3.63) is 0 Å². The minimum atomic E-state index is 0.153. The molecular formula is C9H18O2. The Hall–Kier alpha value is -0.0800. The van der Waals surface area contributed by atoms with Crippen LogP contribution < -0.4 is 0 Å². The highest BCUT2D eigenvalue weighted by atomic mass is 16.7. The Bertz CT molecular complexity index is 114. The number of ether oxygens (including phenoxy) is 2. The first-order chi connectivity index (χ1) is 5.38. The van der Waals surface area contributed by atoms with Crippen molar-refractivity contribution in [3.8, 4) is 0 Å². The third-order valence-electron chi connectivity index (χ3n) is 2.34. The molecule has 2 heterocycles. The van der Waals surface area contributed by atoms with E-state index in [9.17, 15) is 0 Å². The monoisotopic (exact) mass is 158 g/mol. The van der Waals surface area contributed by atoms with Crippen LogP contribution in [-0.4, -0.2) is 19.5 Å². The van der Waals surface area contributed by atoms with E-state index in [-0.39, 0.29) is 6.29 Å². The molecule has 3 unspecified atom stereocenters. The second kappa shape index (κ2) is 4.07. The first-order valence-corrected chi connectivity index (χ1v) is 4.61. The molecule has 0 N–H and O–H groups in total. The largest absolute Gasteiger partial charge is 0.352 e. The van der Waals surface area contributed by atoms with Gasteiger partial charge in [0.2, 0.25) is 0 Å². The van der Waals surface area contributed by atoms with Gasteiger partial charge in [0.15, 0.2) is 6.29 Å². The fourth-order valence-corrected chi connectivity index (χ4v) is 1.67. The number of rotatable bonds is 0. The molecule has 0 aliphatic carbocycles. The van der Waals surface area contributed by atoms with Gasteiger partial charge in [-0.2, -0.15) is 0 Å². The van der Waals surface area contributed by atoms with Crippen molar-refractivity contribution in [3.63, 3.8) is 0 Å². The van der Waals surface area contributed by atoms with Gasteiger partial charge in [0.1, 0.15) is 0 Å². The van der Waals surface area contributed by atoms with Crippen molar-refractivity contribution < 1.29 is 9.47 Å². The molecule has 11 heavy (non-hydrogen) atoms. The molecule has 66 valence electrons. The van der Waals surface area contributed by atoms with Crippen molar-refractivity contribution in [1.29, 1.82) is 0 Å². The van der Waals surface area contributed by atoms with Gasteiger partial charge in [-0.15, -0.1) is 0 Å². The molecule has 2 heteroatoms. The van der Waals surface area contributed by atoms with Crippen molar-refractivity contribution in [1.82, 2.24) is 0 Å². The van der Waals surface area contributed by atoms with Crippen LogP contribution in [0.25, 0.3) is 0 Å². The highest BCUT2D eigenvalue weighted by molar-refractivity contribution is 4.79. The van der Waals surface area contributed by atoms with Crippen LogP contribution in [0.3, 0.4) is 0 Å². The van der Waals surface area contributed by atoms with Crippen LogP contribution in [0.4, 0.5) is 0 Å². The van der Waals surface area contributed by atoms with Gasteiger partial charge in [0.05, 0.1) is 13.2 Å². The smallest absolute Gasteiger partial charge is 0.160 e. The van der Waals surface area contributed by atoms with Crippen LogP contribution in [0, 0.1) is 11.8 Å². The predicted molar refractivity (Wildman–Crippen MR) is 44.3 cm³/mol. The lowest BCUT2D eigenvalue weighted by Crippen LogP contribution is -2.12. The Labute approximate surface area is 68.9 Å². The molecule has 0 spiro atoms. The summed E-state index contributed by atoms with van der Waals surface area (Å²) in [6.45, 7) is 8.04. The fourth-order valence-electron chi connectivity index (χ4n) is 1.67. The summed E-state index contributed by atoms with van der Waals surface area (Å²) in [5.74, 6) is 1.42. The summed E-state index contributed by atoms with van der Waals surface area (Å²) < 4.78 is 10.7. The maximum atomic E-state index is 5.37. The maximum Gasteiger partial charge on any atom is 0.160 e. The van der Waals surface area contributed by atoms with Gasteiger partial charge in [-0.1, -0.05) is 20.8 Å². The first kappa shape index (κ1) is 9.01. The van der Waals surface area contributed by atoms with Gasteiger partial charge in [-0.05, 0) is 12.3 Å². The van der Waals surface area contributed by atoms with E-state index < -0.39 is 0 Å². The van der Waals surface area contributed by atoms with E-state index in [1.807, 2.05) is 13.8 Å². The molecule has 2 rings (SSSR count). The normalized spacial score (nSPS) is 41.2. The van der Waals surface area contributed by atoms with Gasteiger partial charge in [0, 0.05) is 5.92 Å². The summed E-state index contributed by atoms with van der Waals surface area (Å²) in [4.78, 5) is 0. The number of hydrogen-bond acceptors (Lipinski definition) is 2. The van der Waals surface area contributed by atoms with E-state index in [0.29, 0.717) is 5.92 Å². The summed E-state index contributed by atoms with van der Waals surface area (Å²) in [7, 11) is 0. The Morgan fingerprint density at radius 2 is 1.91 bits per heavy atom. The molecule has 0 saturated carbocycles. The van der Waals surface area contributed by atoms with Crippen LogP contribution in [0.1, 0.15) is 27.2 Å². The molecule has 0 aromatic heterocycles. The predicted octanol–water partition coefficient (Wildman–Crippen LogP) is 2.04. The lowest BCUT2D eigenvalue weighted by molar-refractivity contribution is -0.0905. The average Bonchev–Trinajstić information content (AvgIpc) is 2.60. The molecule has 2 aliphatic heterocycles. The van der Waals surface area contributed by atoms with E-state index in [1.54, 1.807) is 0 Å². The highest BCUT2D eigenvalue weighted by Gasteiger charge is 2.38. The van der Waals surface area contributed by atoms with Gasteiger partial charge in [-0.25, -0.2) is 0 Å². The zero-order valence-electron chi connectivity index (χ0n) is 7.67. The maximum absolute atomic E-state index is 5.37. The molecular weight excluding hydrogens is 140 g/mol. The SMILES string of the molecule is CC.CC1COC2OCCC12. The third kappa shape index (κ3) is 1.74. The molecule has 2 aliphatic rings. The molecule has 0 amide bonds. The quantitative estimate of drug-likeness (QED) is 0.537. The van der Waals surface area contributed by atoms with Crippen LogP contribution in [0.2, 0.25) is 0 Å². The summed E-state index contributed by atoms with van der Waals surface area (Å²) >= 11 is 0. The zero-order chi connectivity index (χ0) is 8.27. The summed E-state index contributed by atoms with van der Waals surface area (Å²) in [6.07, 6.45) is 1.35. The minimum absolute atomic E-state index is 0.153. The molecule has 0 aromatic carbocycles. The molecule has 3 atom stereocenters. The lowest BCUT2D eigenvalue weighted by Gasteiger charge is -2.07. The second-order valence-electron chi connectivity index (χ2n) is 3.00. The Morgan fingerprint density at radius 3 is 2.55 bits per heavy atom. The van der Waals surface area contributed by atoms with Crippen LogP contribution in [0.15, 0.2) is 0 Å². The molecule has 0 radical (unpaired) electrons. The van der Waals surface area contributed by atoms with Crippen LogP contribution in [-0.2, 0) is 9.47 Å². The number of hydrogen-bond donors (Lipinski definition) is 0. The van der Waals surface area contributed by atoms with Gasteiger partial charge < -0.3 is 9.47 Å². The standard InChI is InChI=1S/C7H12O2.C2H6/c1-5-4-9-7-6(5)2-3-8-7;1-2/h5-7H,2-4H2,1H3;1-2H3. The van der Waals surface area contributed by atoms with Crippen LogP contribution in [0.5, 0.6) is 0 Å². The fraction of sp³-hybridized carbons (Fsp3) is 1.00. The summed E-state index contributed by atoms with van der Waals surface area (Å²) in [5, 5.41) is 0. The molecule has 2 saturated heterocycles. The average molecular weight is 158 g/mol. The zero-order valence-corrected chi connectivity index (χ0v) is 7.67. The second-order valence-corrected chi connectivity index (χ2v) is 3.00. The van der Waals surface area contributed by atoms with Gasteiger partial charge >= 0.3 is 0 Å². The van der Waals surface area contributed by atoms with E-state index in [1.165, 1.54) is 6.42 Å². The van der Waals surface area contributed by atoms with E-state index >= 15 is 0 Å². The first-order valence-electron chi connectivity index (χ1n) is 4.61. The summed E-state index contributed by atoms with van der Waals surface area (Å²) in [5.41, 5.74) is 0. The molecule has 0 aromatic rings. The van der Waals surface area contributed by atoms with E-state index in [2.05, 4.69) is 6.92 Å². The highest BCUT2D eigenvalue weighted by Crippen LogP contribution is 2.34. The van der Waals surface area contributed by atoms with Crippen LogP contribution >= 0.6 is 0 Å². The number of fused-ring (bicyclic) bond motifs is 1. The van der Waals surface area contributed by atoms with Crippen molar-refractivity contribution in [2.75, 3.05) is 13.2 Å². The van der Waals surface area contributed by atoms with Gasteiger partial charge in [0.25, 0.3) is 0 Å². The van der Waals surface area contributed by atoms with Crippen molar-refractivity contribution in [2.24, 2.45) is 11.8 Å².